The Balaban J connectivity index is 1.67. The Kier molecular flexibility index (Phi) is 7.41. The first kappa shape index (κ1) is 23.6. The van der Waals surface area contributed by atoms with Crippen LogP contribution in [-0.2, 0) is 0 Å². The van der Waals surface area contributed by atoms with Crippen molar-refractivity contribution in [1.29, 1.82) is 0 Å². The van der Waals surface area contributed by atoms with Gasteiger partial charge >= 0.3 is 6.36 Å². The summed E-state index contributed by atoms with van der Waals surface area (Å²) in [5, 5.41) is 13.6. The molecule has 0 atom stereocenters. The lowest BCUT2D eigenvalue weighted by Crippen LogP contribution is -2.17. The van der Waals surface area contributed by atoms with Crippen molar-refractivity contribution in [3.63, 3.8) is 0 Å². The second kappa shape index (κ2) is 10.0. The van der Waals surface area contributed by atoms with Crippen molar-refractivity contribution in [2.24, 2.45) is 5.10 Å². The standard InChI is InChI=1S/C21H13Br2F3N2O4/c22-17-7-12(8-18(23)19(17)29)11-27-28-20(30)13-3-1-4-14(9-13)31-15-5-2-6-16(10-15)32-21(24,25)26/h1-11,29H,(H,28,30). The maximum Gasteiger partial charge on any atom is 0.573 e. The Morgan fingerprint density at radius 1 is 0.969 bits per heavy atom. The van der Waals surface area contributed by atoms with Gasteiger partial charge in [0, 0.05) is 11.6 Å². The third-order valence-electron chi connectivity index (χ3n) is 3.79. The molecule has 0 saturated heterocycles. The van der Waals surface area contributed by atoms with Gasteiger partial charge in [-0.15, -0.1) is 13.2 Å². The molecule has 0 saturated carbocycles. The van der Waals surface area contributed by atoms with Gasteiger partial charge in [-0.05, 0) is 79.9 Å². The minimum absolute atomic E-state index is 0.0403. The van der Waals surface area contributed by atoms with Gasteiger partial charge in [-0.2, -0.15) is 5.10 Å². The van der Waals surface area contributed by atoms with Crippen LogP contribution in [0.5, 0.6) is 23.0 Å². The molecule has 2 N–H and O–H groups in total. The fourth-order valence-electron chi connectivity index (χ4n) is 2.46. The van der Waals surface area contributed by atoms with Crippen LogP contribution in [-0.4, -0.2) is 23.6 Å². The molecule has 3 aromatic carbocycles. The summed E-state index contributed by atoms with van der Waals surface area (Å²) in [4.78, 5) is 12.4. The molecule has 0 bridgehead atoms. The summed E-state index contributed by atoms with van der Waals surface area (Å²) in [6.45, 7) is 0. The van der Waals surface area contributed by atoms with Crippen LogP contribution < -0.4 is 14.9 Å². The molecule has 0 aliphatic rings. The first-order chi connectivity index (χ1) is 15.1. The van der Waals surface area contributed by atoms with Crippen LogP contribution in [0.15, 0.2) is 74.7 Å². The Morgan fingerprint density at radius 3 is 2.22 bits per heavy atom. The molecule has 3 rings (SSSR count). The normalized spacial score (nSPS) is 11.4. The van der Waals surface area contributed by atoms with Gasteiger partial charge in [0.05, 0.1) is 15.2 Å². The van der Waals surface area contributed by atoms with Crippen LogP contribution in [0.25, 0.3) is 0 Å². The number of nitrogens with one attached hydrogen (secondary N) is 1. The Bertz CT molecular complexity index is 1150. The number of phenolic OH excluding ortho intramolecular Hbond substituents is 1. The number of amides is 1. The molecular formula is C21H13Br2F3N2O4. The van der Waals surface area contributed by atoms with Crippen LogP contribution in [0.1, 0.15) is 15.9 Å². The minimum atomic E-state index is -4.82. The summed E-state index contributed by atoms with van der Waals surface area (Å²) in [5.41, 5.74) is 3.19. The van der Waals surface area contributed by atoms with E-state index in [9.17, 15) is 23.1 Å². The maximum atomic E-state index is 12.4. The monoisotopic (exact) mass is 572 g/mol. The van der Waals surface area contributed by atoms with Gasteiger partial charge in [0.1, 0.15) is 23.0 Å². The Morgan fingerprint density at radius 2 is 1.56 bits per heavy atom. The van der Waals surface area contributed by atoms with Crippen molar-refractivity contribution < 1.29 is 32.5 Å². The van der Waals surface area contributed by atoms with Crippen molar-refractivity contribution in [3.05, 3.63) is 80.7 Å². The molecule has 0 fully saturated rings. The zero-order valence-electron chi connectivity index (χ0n) is 15.9. The van der Waals surface area contributed by atoms with E-state index in [4.69, 9.17) is 4.74 Å². The number of alkyl halides is 3. The highest BCUT2D eigenvalue weighted by Gasteiger charge is 2.31. The number of carbonyl (C=O) groups is 1. The van der Waals surface area contributed by atoms with E-state index >= 15 is 0 Å². The van der Waals surface area contributed by atoms with Crippen LogP contribution in [0.2, 0.25) is 0 Å². The predicted octanol–water partition coefficient (Wildman–Crippen LogP) is 6.37. The SMILES string of the molecule is O=C(NN=Cc1cc(Br)c(O)c(Br)c1)c1cccc(Oc2cccc(OC(F)(F)F)c2)c1. The van der Waals surface area contributed by atoms with E-state index < -0.39 is 18.0 Å². The maximum absolute atomic E-state index is 12.4. The topological polar surface area (TPSA) is 80.2 Å². The Labute approximate surface area is 196 Å². The van der Waals surface area contributed by atoms with E-state index in [1.165, 1.54) is 30.5 Å². The number of halogens is 5. The van der Waals surface area contributed by atoms with E-state index in [1.807, 2.05) is 0 Å². The second-order valence-corrected chi connectivity index (χ2v) is 7.89. The number of hydrogen-bond donors (Lipinski definition) is 2. The van der Waals surface area contributed by atoms with Crippen molar-refractivity contribution in [2.45, 2.75) is 6.36 Å². The highest BCUT2D eigenvalue weighted by atomic mass is 79.9. The number of hydrogen-bond acceptors (Lipinski definition) is 5. The van der Waals surface area contributed by atoms with E-state index in [0.717, 1.165) is 12.1 Å². The number of carbonyl (C=O) groups excluding carboxylic acids is 1. The van der Waals surface area contributed by atoms with Gasteiger partial charge in [0.2, 0.25) is 0 Å². The fourth-order valence-corrected chi connectivity index (χ4v) is 3.68. The first-order valence-corrected chi connectivity index (χ1v) is 10.3. The molecule has 0 aliphatic heterocycles. The van der Waals surface area contributed by atoms with Gasteiger partial charge in [0.15, 0.2) is 0 Å². The quantitative estimate of drug-likeness (QED) is 0.265. The van der Waals surface area contributed by atoms with Crippen LogP contribution in [0.4, 0.5) is 13.2 Å². The number of aromatic hydroxyl groups is 1. The van der Waals surface area contributed by atoms with Crippen molar-refractivity contribution in [2.75, 3.05) is 0 Å². The van der Waals surface area contributed by atoms with Crippen LogP contribution in [0.3, 0.4) is 0 Å². The highest BCUT2D eigenvalue weighted by Crippen LogP contribution is 2.33. The molecule has 3 aromatic rings. The number of phenols is 1. The van der Waals surface area contributed by atoms with E-state index in [1.54, 1.807) is 24.3 Å². The van der Waals surface area contributed by atoms with Crippen LogP contribution in [0, 0.1) is 0 Å². The van der Waals surface area contributed by atoms with Gasteiger partial charge in [-0.25, -0.2) is 5.43 Å². The van der Waals surface area contributed by atoms with Crippen molar-refractivity contribution in [1.82, 2.24) is 5.43 Å². The molecule has 0 aromatic heterocycles. The number of hydrazone groups is 1. The number of ether oxygens (including phenoxy) is 2. The van der Waals surface area contributed by atoms with Crippen LogP contribution >= 0.6 is 31.9 Å². The zero-order chi connectivity index (χ0) is 23.3. The molecule has 0 aliphatic carbocycles. The molecule has 0 spiro atoms. The summed E-state index contributed by atoms with van der Waals surface area (Å²) in [6, 6.07) is 14.3. The Hall–Kier alpha value is -3.05. The molecule has 0 radical (unpaired) electrons. The van der Waals surface area contributed by atoms with E-state index in [2.05, 4.69) is 47.1 Å². The molecule has 11 heteroatoms. The lowest BCUT2D eigenvalue weighted by Gasteiger charge is -2.11. The average Bonchev–Trinajstić information content (AvgIpc) is 2.71. The molecule has 0 unspecified atom stereocenters. The second-order valence-electron chi connectivity index (χ2n) is 6.18. The minimum Gasteiger partial charge on any atom is -0.506 e. The molecule has 32 heavy (non-hydrogen) atoms. The smallest absolute Gasteiger partial charge is 0.506 e. The van der Waals surface area contributed by atoms with Crippen molar-refractivity contribution >= 4 is 44.0 Å². The summed E-state index contributed by atoms with van der Waals surface area (Å²) in [5.74, 6) is -0.579. The molecular weight excluding hydrogens is 561 g/mol. The first-order valence-electron chi connectivity index (χ1n) is 8.76. The number of rotatable bonds is 6. The third-order valence-corrected chi connectivity index (χ3v) is 5.00. The lowest BCUT2D eigenvalue weighted by molar-refractivity contribution is -0.274. The van der Waals surface area contributed by atoms with Gasteiger partial charge in [-0.1, -0.05) is 12.1 Å². The summed E-state index contributed by atoms with van der Waals surface area (Å²) >= 11 is 6.40. The molecule has 166 valence electrons. The summed E-state index contributed by atoms with van der Waals surface area (Å²) in [7, 11) is 0. The van der Waals surface area contributed by atoms with E-state index in [-0.39, 0.29) is 22.8 Å². The van der Waals surface area contributed by atoms with E-state index in [0.29, 0.717) is 14.5 Å². The fraction of sp³-hybridized carbons (Fsp3) is 0.0476. The van der Waals surface area contributed by atoms with Gasteiger partial charge in [-0.3, -0.25) is 4.79 Å². The number of benzene rings is 3. The number of nitrogens with zero attached hydrogens (tertiary/aromatic N) is 1. The zero-order valence-corrected chi connectivity index (χ0v) is 19.0. The van der Waals surface area contributed by atoms with Crippen molar-refractivity contribution in [3.8, 4) is 23.0 Å². The van der Waals surface area contributed by atoms with Gasteiger partial charge < -0.3 is 14.6 Å². The molecule has 0 heterocycles. The van der Waals surface area contributed by atoms with Gasteiger partial charge in [0.25, 0.3) is 5.91 Å². The lowest BCUT2D eigenvalue weighted by atomic mass is 10.2. The molecule has 1 amide bonds. The average molecular weight is 574 g/mol. The highest BCUT2D eigenvalue weighted by molar-refractivity contribution is 9.11. The predicted molar refractivity (Wildman–Crippen MR) is 118 cm³/mol. The third kappa shape index (κ3) is 6.72. The summed E-state index contributed by atoms with van der Waals surface area (Å²) < 4.78 is 47.4. The summed E-state index contributed by atoms with van der Waals surface area (Å²) in [6.07, 6.45) is -3.43. The largest absolute Gasteiger partial charge is 0.573 e. The molecule has 6 nitrogen and oxygen atoms in total.